The molecule has 5 heteroatoms. The van der Waals surface area contributed by atoms with Crippen LogP contribution in [0.15, 0.2) is 30.3 Å². The molecule has 0 aromatic heterocycles. The number of carboxylic acid groups (broad SMARTS) is 1. The van der Waals surface area contributed by atoms with Crippen LogP contribution in [-0.2, 0) is 19.6 Å². The normalized spacial score (nSPS) is 13.7. The van der Waals surface area contributed by atoms with Crippen LogP contribution in [0.2, 0.25) is 0 Å². The molecule has 0 radical (unpaired) electrons. The summed E-state index contributed by atoms with van der Waals surface area (Å²) in [4.78, 5) is 10.6. The standard InChI is InChI=1S/C15H22O5/c1-3-18-9-10-19-11-15(2,12-20-14(16)17)13-7-5-4-6-8-13/h4-8H,3,9-12H2,1-2H3,(H,16,17). The van der Waals surface area contributed by atoms with Gasteiger partial charge in [0.1, 0.15) is 6.61 Å². The van der Waals surface area contributed by atoms with E-state index in [2.05, 4.69) is 0 Å². The van der Waals surface area contributed by atoms with Gasteiger partial charge in [0.2, 0.25) is 0 Å². The molecule has 1 N–H and O–H groups in total. The Morgan fingerprint density at radius 3 is 2.40 bits per heavy atom. The number of hydrogen-bond donors (Lipinski definition) is 1. The number of benzene rings is 1. The first-order valence-corrected chi connectivity index (χ1v) is 6.65. The first-order chi connectivity index (χ1) is 9.58. The molecule has 1 aromatic carbocycles. The maximum Gasteiger partial charge on any atom is 0.505 e. The zero-order chi connectivity index (χ0) is 14.8. The second-order valence-corrected chi connectivity index (χ2v) is 4.73. The topological polar surface area (TPSA) is 65.0 Å². The Morgan fingerprint density at radius 2 is 1.80 bits per heavy atom. The summed E-state index contributed by atoms with van der Waals surface area (Å²) in [5, 5.41) is 8.68. The van der Waals surface area contributed by atoms with Crippen molar-refractivity contribution in [2.24, 2.45) is 0 Å². The minimum atomic E-state index is -1.28. The number of ether oxygens (including phenoxy) is 3. The molecule has 0 amide bonds. The van der Waals surface area contributed by atoms with Crippen molar-refractivity contribution in [1.82, 2.24) is 0 Å². The lowest BCUT2D eigenvalue weighted by molar-refractivity contribution is 0.00779. The van der Waals surface area contributed by atoms with E-state index in [9.17, 15) is 4.79 Å². The molecule has 0 saturated heterocycles. The average molecular weight is 282 g/mol. The molecule has 1 rings (SSSR count). The molecular formula is C15H22O5. The molecule has 1 atom stereocenters. The highest BCUT2D eigenvalue weighted by Gasteiger charge is 2.29. The SMILES string of the molecule is CCOCCOCC(C)(COC(=O)O)c1ccccc1. The van der Waals surface area contributed by atoms with Crippen LogP contribution in [0.5, 0.6) is 0 Å². The molecule has 0 aliphatic rings. The summed E-state index contributed by atoms with van der Waals surface area (Å²) in [6, 6.07) is 9.62. The van der Waals surface area contributed by atoms with E-state index in [0.717, 1.165) is 5.56 Å². The third kappa shape index (κ3) is 5.59. The summed E-state index contributed by atoms with van der Waals surface area (Å²) < 4.78 is 15.5. The Morgan fingerprint density at radius 1 is 1.15 bits per heavy atom. The van der Waals surface area contributed by atoms with Gasteiger partial charge in [-0.1, -0.05) is 30.3 Å². The van der Waals surface area contributed by atoms with E-state index < -0.39 is 11.6 Å². The number of carbonyl (C=O) groups is 1. The van der Waals surface area contributed by atoms with Crippen molar-refractivity contribution in [3.05, 3.63) is 35.9 Å². The zero-order valence-corrected chi connectivity index (χ0v) is 12.0. The summed E-state index contributed by atoms with van der Waals surface area (Å²) in [5.74, 6) is 0. The lowest BCUT2D eigenvalue weighted by Gasteiger charge is -2.29. The van der Waals surface area contributed by atoms with Crippen LogP contribution in [0.1, 0.15) is 19.4 Å². The predicted molar refractivity (Wildman–Crippen MR) is 75.1 cm³/mol. The van der Waals surface area contributed by atoms with Crippen molar-refractivity contribution in [3.63, 3.8) is 0 Å². The molecule has 0 bridgehead atoms. The van der Waals surface area contributed by atoms with Crippen LogP contribution in [0, 0.1) is 0 Å². The highest BCUT2D eigenvalue weighted by molar-refractivity contribution is 5.57. The first kappa shape index (κ1) is 16.5. The fourth-order valence-corrected chi connectivity index (χ4v) is 1.83. The van der Waals surface area contributed by atoms with Gasteiger partial charge in [0.05, 0.1) is 25.2 Å². The fraction of sp³-hybridized carbons (Fsp3) is 0.533. The van der Waals surface area contributed by atoms with Crippen LogP contribution < -0.4 is 0 Å². The van der Waals surface area contributed by atoms with Crippen molar-refractivity contribution in [2.75, 3.05) is 33.0 Å². The Labute approximate surface area is 119 Å². The lowest BCUT2D eigenvalue weighted by Crippen LogP contribution is -2.35. The van der Waals surface area contributed by atoms with Gasteiger partial charge in [-0.3, -0.25) is 0 Å². The Bertz CT molecular complexity index is 393. The second-order valence-electron chi connectivity index (χ2n) is 4.73. The summed E-state index contributed by atoms with van der Waals surface area (Å²) in [6.07, 6.45) is -1.28. The summed E-state index contributed by atoms with van der Waals surface area (Å²) >= 11 is 0. The molecular weight excluding hydrogens is 260 g/mol. The first-order valence-electron chi connectivity index (χ1n) is 6.65. The average Bonchev–Trinajstić information content (AvgIpc) is 2.46. The minimum Gasteiger partial charge on any atom is -0.450 e. The van der Waals surface area contributed by atoms with Gasteiger partial charge in [-0.05, 0) is 19.4 Å². The second kappa shape index (κ2) is 8.55. The third-order valence-corrected chi connectivity index (χ3v) is 2.98. The van der Waals surface area contributed by atoms with Crippen molar-refractivity contribution < 1.29 is 24.1 Å². The Hall–Kier alpha value is -1.59. The third-order valence-electron chi connectivity index (χ3n) is 2.98. The number of rotatable bonds is 9. The van der Waals surface area contributed by atoms with Gasteiger partial charge in [-0.15, -0.1) is 0 Å². The molecule has 1 aromatic rings. The van der Waals surface area contributed by atoms with Gasteiger partial charge in [0.25, 0.3) is 0 Å². The molecule has 0 saturated carbocycles. The highest BCUT2D eigenvalue weighted by Crippen LogP contribution is 2.24. The Kier molecular flexibility index (Phi) is 7.04. The smallest absolute Gasteiger partial charge is 0.450 e. The van der Waals surface area contributed by atoms with Gasteiger partial charge >= 0.3 is 6.16 Å². The van der Waals surface area contributed by atoms with E-state index in [1.807, 2.05) is 44.2 Å². The van der Waals surface area contributed by atoms with E-state index >= 15 is 0 Å². The van der Waals surface area contributed by atoms with E-state index in [1.165, 1.54) is 0 Å². The zero-order valence-electron chi connectivity index (χ0n) is 12.0. The molecule has 5 nitrogen and oxygen atoms in total. The molecule has 20 heavy (non-hydrogen) atoms. The van der Waals surface area contributed by atoms with Gasteiger partial charge in [0.15, 0.2) is 0 Å². The molecule has 0 aliphatic heterocycles. The molecule has 0 spiro atoms. The summed E-state index contributed by atoms with van der Waals surface area (Å²) in [5.41, 5.74) is 0.476. The summed E-state index contributed by atoms with van der Waals surface area (Å²) in [7, 11) is 0. The van der Waals surface area contributed by atoms with Gasteiger partial charge in [-0.25, -0.2) is 4.79 Å². The molecule has 112 valence electrons. The van der Waals surface area contributed by atoms with Crippen LogP contribution >= 0.6 is 0 Å². The van der Waals surface area contributed by atoms with Crippen molar-refractivity contribution in [2.45, 2.75) is 19.3 Å². The monoisotopic (exact) mass is 282 g/mol. The van der Waals surface area contributed by atoms with E-state index in [4.69, 9.17) is 19.3 Å². The summed E-state index contributed by atoms with van der Waals surface area (Å²) in [6.45, 7) is 5.94. The number of hydrogen-bond acceptors (Lipinski definition) is 4. The van der Waals surface area contributed by atoms with Crippen LogP contribution in [0.25, 0.3) is 0 Å². The van der Waals surface area contributed by atoms with Crippen LogP contribution in [-0.4, -0.2) is 44.3 Å². The maximum absolute atomic E-state index is 10.6. The van der Waals surface area contributed by atoms with E-state index in [-0.39, 0.29) is 6.61 Å². The van der Waals surface area contributed by atoms with E-state index in [1.54, 1.807) is 0 Å². The maximum atomic E-state index is 10.6. The molecule has 1 unspecified atom stereocenters. The largest absolute Gasteiger partial charge is 0.505 e. The van der Waals surface area contributed by atoms with Crippen molar-refractivity contribution in [1.29, 1.82) is 0 Å². The fourth-order valence-electron chi connectivity index (χ4n) is 1.83. The van der Waals surface area contributed by atoms with Gasteiger partial charge < -0.3 is 19.3 Å². The Balaban J connectivity index is 2.62. The van der Waals surface area contributed by atoms with Crippen molar-refractivity contribution in [3.8, 4) is 0 Å². The van der Waals surface area contributed by atoms with Crippen LogP contribution in [0.4, 0.5) is 4.79 Å². The molecule has 0 fully saturated rings. The van der Waals surface area contributed by atoms with Crippen LogP contribution in [0.3, 0.4) is 0 Å². The lowest BCUT2D eigenvalue weighted by atomic mass is 9.84. The quantitative estimate of drug-likeness (QED) is 0.557. The van der Waals surface area contributed by atoms with Crippen molar-refractivity contribution >= 4 is 6.16 Å². The molecule has 0 aliphatic carbocycles. The molecule has 0 heterocycles. The van der Waals surface area contributed by atoms with Gasteiger partial charge in [0, 0.05) is 6.61 Å². The highest BCUT2D eigenvalue weighted by atomic mass is 16.7. The minimum absolute atomic E-state index is 0.0565. The van der Waals surface area contributed by atoms with Gasteiger partial charge in [-0.2, -0.15) is 0 Å². The van der Waals surface area contributed by atoms with E-state index in [0.29, 0.717) is 26.4 Å². The predicted octanol–water partition coefficient (Wildman–Crippen LogP) is 2.69.